The van der Waals surface area contributed by atoms with Crippen molar-refractivity contribution in [3.05, 3.63) is 108 Å². The van der Waals surface area contributed by atoms with Gasteiger partial charge in [-0.2, -0.15) is 0 Å². The van der Waals surface area contributed by atoms with Crippen molar-refractivity contribution in [2.75, 3.05) is 4.90 Å². The van der Waals surface area contributed by atoms with Gasteiger partial charge in [0.25, 0.3) is 0 Å². The third-order valence-electron chi connectivity index (χ3n) is 4.03. The summed E-state index contributed by atoms with van der Waals surface area (Å²) in [5.41, 5.74) is 4.46. The molecule has 3 aromatic carbocycles. The Hall–Kier alpha value is -3.06. The van der Waals surface area contributed by atoms with Crippen LogP contribution in [0.5, 0.6) is 0 Å². The van der Waals surface area contributed by atoms with Crippen molar-refractivity contribution in [3.8, 4) is 0 Å². The van der Waals surface area contributed by atoms with Gasteiger partial charge in [-0.15, -0.1) is 0 Å². The van der Waals surface area contributed by atoms with Crippen LogP contribution >= 0.6 is 0 Å². The Morgan fingerprint density at radius 3 is 2.00 bits per heavy atom. The third kappa shape index (κ3) is 3.16. The van der Waals surface area contributed by atoms with Crippen LogP contribution in [0.3, 0.4) is 0 Å². The van der Waals surface area contributed by atoms with Gasteiger partial charge in [-0.25, -0.2) is 0 Å². The molecule has 0 spiro atoms. The fraction of sp³-hybridized carbons (Fsp3) is 0.0435. The van der Waals surface area contributed by atoms with Crippen molar-refractivity contribution in [2.24, 2.45) is 0 Å². The minimum absolute atomic E-state index is 0.987. The molecule has 3 rings (SSSR count). The maximum absolute atomic E-state index is 4.18. The zero-order chi connectivity index (χ0) is 16.9. The molecule has 0 saturated carbocycles. The highest BCUT2D eigenvalue weighted by atomic mass is 15.1. The van der Waals surface area contributed by atoms with Crippen molar-refractivity contribution >= 4 is 23.7 Å². The van der Waals surface area contributed by atoms with Crippen LogP contribution in [0.1, 0.15) is 5.56 Å². The summed E-state index contributed by atoms with van der Waals surface area (Å²) in [5.74, 6) is 0. The lowest BCUT2D eigenvalue weighted by atomic mass is 10.1. The van der Waals surface area contributed by atoms with E-state index in [1.807, 2.05) is 42.5 Å². The molecule has 0 saturated heterocycles. The van der Waals surface area contributed by atoms with E-state index >= 15 is 0 Å². The number of anilines is 2. The van der Waals surface area contributed by atoms with E-state index in [1.165, 1.54) is 5.56 Å². The fourth-order valence-corrected chi connectivity index (χ4v) is 2.79. The van der Waals surface area contributed by atoms with Crippen LogP contribution in [0.25, 0.3) is 12.3 Å². The number of hydrogen-bond acceptors (Lipinski definition) is 1. The fourth-order valence-electron chi connectivity index (χ4n) is 2.79. The van der Waals surface area contributed by atoms with Crippen LogP contribution in [0.15, 0.2) is 91.5 Å². The molecule has 0 amide bonds. The molecule has 0 aliphatic heterocycles. The molecule has 118 valence electrons. The van der Waals surface area contributed by atoms with Gasteiger partial charge in [0.05, 0.1) is 5.70 Å². The predicted octanol–water partition coefficient (Wildman–Crippen LogP) is 4.54. The summed E-state index contributed by atoms with van der Waals surface area (Å²) in [4.78, 5) is 2.22. The molecule has 0 unspecified atom stereocenters. The van der Waals surface area contributed by atoms with Gasteiger partial charge in [-0.05, 0) is 42.5 Å². The molecule has 0 atom stereocenters. The molecule has 0 heterocycles. The summed E-state index contributed by atoms with van der Waals surface area (Å²) >= 11 is 0. The average molecular weight is 311 g/mol. The lowest BCUT2D eigenvalue weighted by Gasteiger charge is -2.26. The van der Waals surface area contributed by atoms with Crippen molar-refractivity contribution in [1.29, 1.82) is 0 Å². The molecule has 0 fully saturated rings. The van der Waals surface area contributed by atoms with Crippen LogP contribution < -0.4 is 15.3 Å². The van der Waals surface area contributed by atoms with Gasteiger partial charge in [0, 0.05) is 16.6 Å². The summed E-state index contributed by atoms with van der Waals surface area (Å²) < 4.78 is 0. The van der Waals surface area contributed by atoms with E-state index in [1.54, 1.807) is 0 Å². The van der Waals surface area contributed by atoms with Crippen molar-refractivity contribution in [2.45, 2.75) is 6.92 Å². The van der Waals surface area contributed by atoms with Crippen LogP contribution in [-0.2, 0) is 0 Å². The van der Waals surface area contributed by atoms with Gasteiger partial charge >= 0.3 is 0 Å². The van der Waals surface area contributed by atoms with Crippen molar-refractivity contribution in [1.82, 2.24) is 0 Å². The highest BCUT2D eigenvalue weighted by molar-refractivity contribution is 5.84. The molecule has 0 radical (unpaired) electrons. The Bertz CT molecular complexity index is 937. The highest BCUT2D eigenvalue weighted by Crippen LogP contribution is 2.30. The lowest BCUT2D eigenvalue weighted by molar-refractivity contribution is 1.28. The van der Waals surface area contributed by atoms with Gasteiger partial charge in [0.1, 0.15) is 0 Å². The molecular weight excluding hydrogens is 290 g/mol. The van der Waals surface area contributed by atoms with Crippen LogP contribution in [-0.4, -0.2) is 0 Å². The van der Waals surface area contributed by atoms with Gasteiger partial charge in [-0.3, -0.25) is 0 Å². The SMILES string of the molecule is C=C/C(=c1/ccccc1=C)N(c1ccccc1)c1ccc(C)cc1. The Kier molecular flexibility index (Phi) is 4.62. The molecule has 0 bridgehead atoms. The Morgan fingerprint density at radius 1 is 0.792 bits per heavy atom. The highest BCUT2D eigenvalue weighted by Gasteiger charge is 2.13. The second-order valence-electron chi connectivity index (χ2n) is 5.75. The van der Waals surface area contributed by atoms with E-state index in [4.69, 9.17) is 0 Å². The van der Waals surface area contributed by atoms with Gasteiger partial charge in [0.15, 0.2) is 0 Å². The van der Waals surface area contributed by atoms with E-state index < -0.39 is 0 Å². The number of benzene rings is 3. The molecule has 24 heavy (non-hydrogen) atoms. The largest absolute Gasteiger partial charge is 0.310 e. The number of hydrogen-bond donors (Lipinski definition) is 0. The van der Waals surface area contributed by atoms with Crippen molar-refractivity contribution < 1.29 is 0 Å². The number of rotatable bonds is 4. The van der Waals surface area contributed by atoms with Crippen molar-refractivity contribution in [3.63, 3.8) is 0 Å². The first-order valence-corrected chi connectivity index (χ1v) is 8.03. The number of nitrogens with zero attached hydrogens (tertiary/aromatic N) is 1. The standard InChI is InChI=1S/C23H21N/c1-4-23(22-13-9-8-10-19(22)3)24(20-11-6-5-7-12-20)21-16-14-18(2)15-17-21/h4-17H,1,3H2,2H3/b23-22+. The molecule has 0 aliphatic carbocycles. The van der Waals surface area contributed by atoms with Crippen LogP contribution in [0, 0.1) is 6.92 Å². The minimum atomic E-state index is 0.987. The second-order valence-corrected chi connectivity index (χ2v) is 5.75. The lowest BCUT2D eigenvalue weighted by Crippen LogP contribution is -2.31. The summed E-state index contributed by atoms with van der Waals surface area (Å²) in [6, 6.07) is 27.0. The normalized spacial score (nSPS) is 11.7. The average Bonchev–Trinajstić information content (AvgIpc) is 2.62. The van der Waals surface area contributed by atoms with Gasteiger partial charge in [0.2, 0.25) is 0 Å². The van der Waals surface area contributed by atoms with E-state index in [9.17, 15) is 0 Å². The smallest absolute Gasteiger partial charge is 0.0533 e. The molecular formula is C23H21N. The molecule has 0 aromatic heterocycles. The second kappa shape index (κ2) is 7.01. The summed E-state index contributed by atoms with van der Waals surface area (Å²) in [6.45, 7) is 10.3. The van der Waals surface area contributed by atoms with E-state index in [0.29, 0.717) is 0 Å². The maximum atomic E-state index is 4.18. The molecule has 0 N–H and O–H groups in total. The first-order chi connectivity index (χ1) is 11.7. The topological polar surface area (TPSA) is 3.24 Å². The summed E-state index contributed by atoms with van der Waals surface area (Å²) in [5, 5.41) is 2.07. The van der Waals surface area contributed by atoms with E-state index in [0.717, 1.165) is 27.5 Å². The maximum Gasteiger partial charge on any atom is 0.0533 e. The Balaban J connectivity index is 2.31. The Morgan fingerprint density at radius 2 is 1.38 bits per heavy atom. The summed E-state index contributed by atoms with van der Waals surface area (Å²) in [7, 11) is 0. The van der Waals surface area contributed by atoms with E-state index in [2.05, 4.69) is 67.4 Å². The monoisotopic (exact) mass is 311 g/mol. The third-order valence-corrected chi connectivity index (χ3v) is 4.03. The molecule has 3 aromatic rings. The first kappa shape index (κ1) is 15.8. The van der Waals surface area contributed by atoms with Gasteiger partial charge < -0.3 is 4.90 Å². The molecule has 1 nitrogen and oxygen atoms in total. The molecule has 0 aliphatic rings. The Labute approximate surface area is 143 Å². The molecule has 1 heteroatoms. The van der Waals surface area contributed by atoms with Crippen LogP contribution in [0.4, 0.5) is 11.4 Å². The quantitative estimate of drug-likeness (QED) is 0.684. The van der Waals surface area contributed by atoms with Gasteiger partial charge in [-0.1, -0.05) is 73.3 Å². The number of aryl methyl sites for hydroxylation is 1. The zero-order valence-electron chi connectivity index (χ0n) is 13.9. The zero-order valence-corrected chi connectivity index (χ0v) is 13.9. The summed E-state index contributed by atoms with van der Waals surface area (Å²) in [6.07, 6.45) is 1.90. The van der Waals surface area contributed by atoms with Crippen LogP contribution in [0.2, 0.25) is 0 Å². The first-order valence-electron chi connectivity index (χ1n) is 8.03. The van der Waals surface area contributed by atoms with E-state index in [-0.39, 0.29) is 0 Å². The number of para-hydroxylation sites is 1. The minimum Gasteiger partial charge on any atom is -0.310 e. The predicted molar refractivity (Wildman–Crippen MR) is 105 cm³/mol.